The highest BCUT2D eigenvalue weighted by atomic mass is 35.5. The fraction of sp³-hybridized carbons (Fsp3) is 0.167. The van der Waals surface area contributed by atoms with Crippen LogP contribution in [0, 0.1) is 0 Å². The van der Waals surface area contributed by atoms with Gasteiger partial charge in [-0.15, -0.1) is 0 Å². The van der Waals surface area contributed by atoms with E-state index in [-0.39, 0.29) is 12.5 Å². The highest BCUT2D eigenvalue weighted by Crippen LogP contribution is 2.37. The number of anilines is 1. The maximum absolute atomic E-state index is 12.1. The van der Waals surface area contributed by atoms with Crippen molar-refractivity contribution >= 4 is 50.1 Å². The van der Waals surface area contributed by atoms with E-state index in [0.717, 1.165) is 4.70 Å². The number of rotatable bonds is 4. The summed E-state index contributed by atoms with van der Waals surface area (Å²) in [5, 5.41) is 5.99. The zero-order valence-corrected chi connectivity index (χ0v) is 15.5. The van der Waals surface area contributed by atoms with E-state index in [1.165, 1.54) is 11.3 Å². The van der Waals surface area contributed by atoms with Gasteiger partial charge in [0, 0.05) is 12.1 Å². The van der Waals surface area contributed by atoms with Crippen LogP contribution < -0.4 is 20.1 Å². The summed E-state index contributed by atoms with van der Waals surface area (Å²) >= 11 is 7.29. The fourth-order valence-electron chi connectivity index (χ4n) is 2.58. The number of carbonyl (C=O) groups is 2. The van der Waals surface area contributed by atoms with Crippen LogP contribution in [0.4, 0.5) is 5.13 Å². The number of hydrogen-bond donors (Lipinski definition) is 2. The van der Waals surface area contributed by atoms with E-state index in [2.05, 4.69) is 15.6 Å². The maximum Gasteiger partial charge on any atom is 0.253 e. The number of ether oxygens (including phenoxy) is 2. The predicted molar refractivity (Wildman–Crippen MR) is 103 cm³/mol. The normalized spacial score (nSPS) is 12.6. The monoisotopic (exact) mass is 403 g/mol. The number of halogens is 1. The molecular formula is C18H14ClN3O4S. The number of carbonyl (C=O) groups excluding carboxylic acids is 2. The largest absolute Gasteiger partial charge is 0.486 e. The zero-order chi connectivity index (χ0) is 18.8. The molecule has 2 heterocycles. The summed E-state index contributed by atoms with van der Waals surface area (Å²) in [7, 11) is 0. The van der Waals surface area contributed by atoms with Gasteiger partial charge in [0.05, 0.1) is 27.3 Å². The van der Waals surface area contributed by atoms with E-state index in [9.17, 15) is 9.59 Å². The number of hydrogen-bond acceptors (Lipinski definition) is 6. The molecule has 0 atom stereocenters. The van der Waals surface area contributed by atoms with Crippen LogP contribution in [0.5, 0.6) is 11.5 Å². The maximum atomic E-state index is 12.1. The van der Waals surface area contributed by atoms with Crippen molar-refractivity contribution in [1.29, 1.82) is 0 Å². The molecule has 3 aromatic rings. The first-order valence-electron chi connectivity index (χ1n) is 8.13. The summed E-state index contributed by atoms with van der Waals surface area (Å²) in [6, 6.07) is 10.3. The molecule has 138 valence electrons. The zero-order valence-electron chi connectivity index (χ0n) is 14.0. The molecule has 27 heavy (non-hydrogen) atoms. The van der Waals surface area contributed by atoms with Crippen molar-refractivity contribution in [1.82, 2.24) is 10.3 Å². The van der Waals surface area contributed by atoms with Crippen molar-refractivity contribution < 1.29 is 19.1 Å². The van der Waals surface area contributed by atoms with Gasteiger partial charge in [0.25, 0.3) is 5.91 Å². The van der Waals surface area contributed by atoms with Crippen molar-refractivity contribution in [3.8, 4) is 11.5 Å². The molecule has 0 fully saturated rings. The number of amides is 2. The Bertz CT molecular complexity index is 994. The SMILES string of the molecule is O=C(CNC(=O)c1ccccc1Cl)Nc1nc2cc3c(cc2s1)OCCO3. The van der Waals surface area contributed by atoms with Gasteiger partial charge >= 0.3 is 0 Å². The molecule has 4 rings (SSSR count). The standard InChI is InChI=1S/C18H14ClN3O4S/c19-11-4-2-1-3-10(11)17(24)20-9-16(23)22-18-21-12-7-13-14(8-15(12)27-18)26-6-5-25-13/h1-4,7-8H,5-6,9H2,(H,20,24)(H,21,22,23). The molecule has 1 aliphatic heterocycles. The van der Waals surface area contributed by atoms with Gasteiger partial charge in [0.1, 0.15) is 13.2 Å². The van der Waals surface area contributed by atoms with Crippen LogP contribution in [0.3, 0.4) is 0 Å². The van der Waals surface area contributed by atoms with E-state index in [0.29, 0.717) is 45.9 Å². The fourth-order valence-corrected chi connectivity index (χ4v) is 3.70. The minimum absolute atomic E-state index is 0.192. The van der Waals surface area contributed by atoms with Crippen molar-refractivity contribution in [2.24, 2.45) is 0 Å². The molecule has 0 radical (unpaired) electrons. The van der Waals surface area contributed by atoms with Gasteiger partial charge < -0.3 is 20.1 Å². The molecule has 2 aromatic carbocycles. The molecule has 2 N–H and O–H groups in total. The van der Waals surface area contributed by atoms with Crippen molar-refractivity contribution in [2.45, 2.75) is 0 Å². The van der Waals surface area contributed by atoms with Gasteiger partial charge in [0.2, 0.25) is 5.91 Å². The van der Waals surface area contributed by atoms with Crippen LogP contribution in [-0.2, 0) is 4.79 Å². The van der Waals surface area contributed by atoms with Gasteiger partial charge in [-0.2, -0.15) is 0 Å². The predicted octanol–water partition coefficient (Wildman–Crippen LogP) is 3.09. The van der Waals surface area contributed by atoms with E-state index in [4.69, 9.17) is 21.1 Å². The number of thiazole rings is 1. The Morgan fingerprint density at radius 1 is 1.15 bits per heavy atom. The van der Waals surface area contributed by atoms with Gasteiger partial charge in [-0.05, 0) is 12.1 Å². The van der Waals surface area contributed by atoms with Gasteiger partial charge in [0.15, 0.2) is 16.6 Å². The Morgan fingerprint density at radius 2 is 1.89 bits per heavy atom. The molecule has 1 aliphatic rings. The minimum Gasteiger partial charge on any atom is -0.486 e. The van der Waals surface area contributed by atoms with Gasteiger partial charge in [-0.25, -0.2) is 4.98 Å². The molecule has 0 aliphatic carbocycles. The van der Waals surface area contributed by atoms with Crippen LogP contribution >= 0.6 is 22.9 Å². The summed E-state index contributed by atoms with van der Waals surface area (Å²) in [4.78, 5) is 28.6. The highest BCUT2D eigenvalue weighted by Gasteiger charge is 2.16. The van der Waals surface area contributed by atoms with E-state index in [1.54, 1.807) is 30.3 Å². The van der Waals surface area contributed by atoms with Crippen LogP contribution in [0.2, 0.25) is 5.02 Å². The number of nitrogens with zero attached hydrogens (tertiary/aromatic N) is 1. The lowest BCUT2D eigenvalue weighted by atomic mass is 10.2. The van der Waals surface area contributed by atoms with Crippen molar-refractivity contribution in [2.75, 3.05) is 25.1 Å². The van der Waals surface area contributed by atoms with E-state index in [1.807, 2.05) is 6.07 Å². The summed E-state index contributed by atoms with van der Waals surface area (Å²) in [5.74, 6) is 0.514. The van der Waals surface area contributed by atoms with Crippen LogP contribution in [-0.4, -0.2) is 36.6 Å². The summed E-state index contributed by atoms with van der Waals surface area (Å²) in [6.07, 6.45) is 0. The third kappa shape index (κ3) is 3.81. The van der Waals surface area contributed by atoms with Crippen molar-refractivity contribution in [3.05, 3.63) is 47.0 Å². The molecule has 0 spiro atoms. The molecule has 1 aromatic heterocycles. The molecule has 0 bridgehead atoms. The van der Waals surface area contributed by atoms with Crippen LogP contribution in [0.15, 0.2) is 36.4 Å². The Balaban J connectivity index is 1.41. The van der Waals surface area contributed by atoms with E-state index >= 15 is 0 Å². The van der Waals surface area contributed by atoms with Gasteiger partial charge in [-0.3, -0.25) is 9.59 Å². The summed E-state index contributed by atoms with van der Waals surface area (Å²) in [6.45, 7) is 0.812. The molecule has 7 nitrogen and oxygen atoms in total. The Hall–Kier alpha value is -2.84. The average molecular weight is 404 g/mol. The first-order valence-corrected chi connectivity index (χ1v) is 9.32. The summed E-state index contributed by atoms with van der Waals surface area (Å²) in [5.41, 5.74) is 1.03. The Kier molecular flexibility index (Phi) is 4.83. The highest BCUT2D eigenvalue weighted by molar-refractivity contribution is 7.22. The lowest BCUT2D eigenvalue weighted by molar-refractivity contribution is -0.115. The quantitative estimate of drug-likeness (QED) is 0.698. The number of benzene rings is 2. The average Bonchev–Trinajstić information content (AvgIpc) is 3.05. The Labute approximate surface area is 163 Å². The second-order valence-corrected chi connectivity index (χ2v) is 7.13. The molecule has 9 heteroatoms. The number of nitrogens with one attached hydrogen (secondary N) is 2. The molecule has 2 amide bonds. The number of aromatic nitrogens is 1. The lowest BCUT2D eigenvalue weighted by Gasteiger charge is -2.17. The third-order valence-corrected chi connectivity index (χ3v) is 5.09. The molecular weight excluding hydrogens is 390 g/mol. The topological polar surface area (TPSA) is 89.6 Å². The second kappa shape index (κ2) is 7.42. The van der Waals surface area contributed by atoms with Crippen molar-refractivity contribution in [3.63, 3.8) is 0 Å². The summed E-state index contributed by atoms with van der Waals surface area (Å²) < 4.78 is 11.9. The third-order valence-electron chi connectivity index (χ3n) is 3.83. The second-order valence-electron chi connectivity index (χ2n) is 5.69. The van der Waals surface area contributed by atoms with Crippen LogP contribution in [0.25, 0.3) is 10.2 Å². The minimum atomic E-state index is -0.415. The van der Waals surface area contributed by atoms with Crippen LogP contribution in [0.1, 0.15) is 10.4 Å². The van der Waals surface area contributed by atoms with E-state index < -0.39 is 5.91 Å². The first-order chi connectivity index (χ1) is 13.1. The Morgan fingerprint density at radius 3 is 2.67 bits per heavy atom. The lowest BCUT2D eigenvalue weighted by Crippen LogP contribution is -2.32. The first kappa shape index (κ1) is 17.6. The number of fused-ring (bicyclic) bond motifs is 2. The molecule has 0 unspecified atom stereocenters. The molecule has 0 saturated heterocycles. The van der Waals surface area contributed by atoms with Gasteiger partial charge in [-0.1, -0.05) is 35.1 Å². The smallest absolute Gasteiger partial charge is 0.253 e. The molecule has 0 saturated carbocycles.